The van der Waals surface area contributed by atoms with Gasteiger partial charge in [0.15, 0.2) is 0 Å². The van der Waals surface area contributed by atoms with Gasteiger partial charge in [0.05, 0.1) is 12.6 Å². The van der Waals surface area contributed by atoms with Crippen LogP contribution in [0.3, 0.4) is 0 Å². The van der Waals surface area contributed by atoms with Crippen LogP contribution in [0.5, 0.6) is 0 Å². The number of carbonyl (C=O) groups is 2. The zero-order valence-electron chi connectivity index (χ0n) is 11.7. The van der Waals surface area contributed by atoms with Crippen LogP contribution in [-0.2, 0) is 14.3 Å². The predicted molar refractivity (Wildman–Crippen MR) is 71.6 cm³/mol. The number of rotatable bonds is 3. The fourth-order valence-corrected chi connectivity index (χ4v) is 2.94. The standard InChI is InChI=1S/C14H24N2O3/c1-2-19-14(18)12-8-4-6-10-16(12)13(17)11-7-3-5-9-15-11/h11-12,15H,2-10H2,1H3. The van der Waals surface area contributed by atoms with Crippen LogP contribution in [0.15, 0.2) is 0 Å². The van der Waals surface area contributed by atoms with Crippen molar-refractivity contribution in [3.63, 3.8) is 0 Å². The van der Waals surface area contributed by atoms with Crippen molar-refractivity contribution in [2.24, 2.45) is 0 Å². The Hall–Kier alpha value is -1.10. The highest BCUT2D eigenvalue weighted by Gasteiger charge is 2.36. The first-order chi connectivity index (χ1) is 9.24. The molecule has 5 nitrogen and oxygen atoms in total. The van der Waals surface area contributed by atoms with Gasteiger partial charge in [0.2, 0.25) is 5.91 Å². The van der Waals surface area contributed by atoms with Gasteiger partial charge in [-0.2, -0.15) is 0 Å². The molecule has 2 heterocycles. The molecule has 2 rings (SSSR count). The zero-order chi connectivity index (χ0) is 13.7. The Kier molecular flexibility index (Phi) is 5.19. The summed E-state index contributed by atoms with van der Waals surface area (Å²) in [7, 11) is 0. The van der Waals surface area contributed by atoms with Crippen molar-refractivity contribution in [2.45, 2.75) is 57.5 Å². The quantitative estimate of drug-likeness (QED) is 0.778. The van der Waals surface area contributed by atoms with E-state index in [0.717, 1.165) is 45.1 Å². The van der Waals surface area contributed by atoms with Crippen molar-refractivity contribution in [1.82, 2.24) is 10.2 Å². The maximum absolute atomic E-state index is 12.5. The summed E-state index contributed by atoms with van der Waals surface area (Å²) in [6, 6.07) is -0.478. The second kappa shape index (κ2) is 6.89. The Bertz CT molecular complexity index is 327. The van der Waals surface area contributed by atoms with Gasteiger partial charge < -0.3 is 15.0 Å². The number of nitrogens with one attached hydrogen (secondary N) is 1. The minimum absolute atomic E-state index is 0.0810. The number of piperidine rings is 2. The lowest BCUT2D eigenvalue weighted by Crippen LogP contribution is -2.55. The molecule has 2 atom stereocenters. The van der Waals surface area contributed by atoms with Gasteiger partial charge in [-0.15, -0.1) is 0 Å². The first-order valence-corrected chi connectivity index (χ1v) is 7.44. The van der Waals surface area contributed by atoms with Crippen LogP contribution in [0.1, 0.15) is 45.4 Å². The maximum atomic E-state index is 12.5. The molecule has 2 aliphatic rings. The number of likely N-dealkylation sites (tertiary alicyclic amines) is 1. The highest BCUT2D eigenvalue weighted by Crippen LogP contribution is 2.21. The molecule has 1 amide bonds. The van der Waals surface area contributed by atoms with Crippen LogP contribution in [0.4, 0.5) is 0 Å². The second-order valence-corrected chi connectivity index (χ2v) is 5.30. The van der Waals surface area contributed by atoms with E-state index < -0.39 is 0 Å². The molecule has 2 aliphatic heterocycles. The number of amides is 1. The summed E-state index contributed by atoms with van der Waals surface area (Å²) >= 11 is 0. The molecular weight excluding hydrogens is 244 g/mol. The van der Waals surface area contributed by atoms with E-state index in [2.05, 4.69) is 5.32 Å². The first kappa shape index (κ1) is 14.3. The van der Waals surface area contributed by atoms with Gasteiger partial charge in [0, 0.05) is 6.54 Å². The fraction of sp³-hybridized carbons (Fsp3) is 0.857. The summed E-state index contributed by atoms with van der Waals surface area (Å²) in [5, 5.41) is 3.26. The van der Waals surface area contributed by atoms with Crippen LogP contribution in [0.25, 0.3) is 0 Å². The highest BCUT2D eigenvalue weighted by molar-refractivity contribution is 5.87. The van der Waals surface area contributed by atoms with Crippen LogP contribution >= 0.6 is 0 Å². The molecule has 0 spiro atoms. The number of ether oxygens (including phenoxy) is 1. The van der Waals surface area contributed by atoms with Gasteiger partial charge in [-0.1, -0.05) is 6.42 Å². The molecule has 0 radical (unpaired) electrons. The fourth-order valence-electron chi connectivity index (χ4n) is 2.94. The number of carbonyl (C=O) groups excluding carboxylic acids is 2. The van der Waals surface area contributed by atoms with E-state index in [0.29, 0.717) is 13.2 Å². The van der Waals surface area contributed by atoms with E-state index in [1.54, 1.807) is 11.8 Å². The van der Waals surface area contributed by atoms with Gasteiger partial charge in [-0.05, 0) is 45.6 Å². The van der Waals surface area contributed by atoms with Gasteiger partial charge in [0.25, 0.3) is 0 Å². The molecule has 2 fully saturated rings. The molecule has 0 saturated carbocycles. The lowest BCUT2D eigenvalue weighted by molar-refractivity contribution is -0.157. The third-order valence-electron chi connectivity index (χ3n) is 3.95. The molecule has 0 bridgehead atoms. The van der Waals surface area contributed by atoms with Gasteiger partial charge >= 0.3 is 5.97 Å². The predicted octanol–water partition coefficient (Wildman–Crippen LogP) is 1.07. The Labute approximate surface area is 114 Å². The van der Waals surface area contributed by atoms with E-state index >= 15 is 0 Å². The highest BCUT2D eigenvalue weighted by atomic mass is 16.5. The molecular formula is C14H24N2O3. The lowest BCUT2D eigenvalue weighted by atomic mass is 9.98. The third kappa shape index (κ3) is 3.47. The molecule has 2 unspecified atom stereocenters. The minimum atomic E-state index is -0.370. The van der Waals surface area contributed by atoms with Crippen molar-refractivity contribution in [3.8, 4) is 0 Å². The van der Waals surface area contributed by atoms with Crippen molar-refractivity contribution >= 4 is 11.9 Å². The number of hydrogen-bond donors (Lipinski definition) is 1. The van der Waals surface area contributed by atoms with Gasteiger partial charge in [0.1, 0.15) is 6.04 Å². The summed E-state index contributed by atoms with van der Waals surface area (Å²) in [4.78, 5) is 26.2. The molecule has 0 aliphatic carbocycles. The van der Waals surface area contributed by atoms with E-state index in [1.807, 2.05) is 0 Å². The molecule has 0 aromatic heterocycles. The van der Waals surface area contributed by atoms with Crippen molar-refractivity contribution in [2.75, 3.05) is 19.7 Å². The molecule has 108 valence electrons. The summed E-state index contributed by atoms with van der Waals surface area (Å²) in [6.07, 6.45) is 5.80. The molecule has 2 saturated heterocycles. The largest absolute Gasteiger partial charge is 0.464 e. The van der Waals surface area contributed by atoms with Crippen molar-refractivity contribution in [1.29, 1.82) is 0 Å². The van der Waals surface area contributed by atoms with Crippen molar-refractivity contribution < 1.29 is 14.3 Å². The van der Waals surface area contributed by atoms with E-state index in [4.69, 9.17) is 4.74 Å². The molecule has 1 N–H and O–H groups in total. The molecule has 19 heavy (non-hydrogen) atoms. The normalized spacial score (nSPS) is 27.9. The summed E-state index contributed by atoms with van der Waals surface area (Å²) in [6.45, 7) is 3.75. The average Bonchev–Trinajstić information content (AvgIpc) is 2.47. The number of nitrogens with zero attached hydrogens (tertiary/aromatic N) is 1. The Morgan fingerprint density at radius 1 is 1.21 bits per heavy atom. The smallest absolute Gasteiger partial charge is 0.328 e. The van der Waals surface area contributed by atoms with E-state index in [1.165, 1.54) is 0 Å². The zero-order valence-corrected chi connectivity index (χ0v) is 11.7. The monoisotopic (exact) mass is 268 g/mol. The molecule has 0 aromatic carbocycles. The topological polar surface area (TPSA) is 58.6 Å². The van der Waals surface area contributed by atoms with Gasteiger partial charge in [-0.25, -0.2) is 4.79 Å². The van der Waals surface area contributed by atoms with Crippen molar-refractivity contribution in [3.05, 3.63) is 0 Å². The van der Waals surface area contributed by atoms with E-state index in [9.17, 15) is 9.59 Å². The van der Waals surface area contributed by atoms with E-state index in [-0.39, 0.29) is 24.0 Å². The van der Waals surface area contributed by atoms with Crippen LogP contribution in [0.2, 0.25) is 0 Å². The molecule has 5 heteroatoms. The third-order valence-corrected chi connectivity index (χ3v) is 3.95. The van der Waals surface area contributed by atoms with Gasteiger partial charge in [-0.3, -0.25) is 4.79 Å². The van der Waals surface area contributed by atoms with Crippen LogP contribution < -0.4 is 5.32 Å². The van der Waals surface area contributed by atoms with Crippen LogP contribution in [0, 0.1) is 0 Å². The summed E-state index contributed by atoms with van der Waals surface area (Å²) in [5.74, 6) is -0.163. The average molecular weight is 268 g/mol. The maximum Gasteiger partial charge on any atom is 0.328 e. The minimum Gasteiger partial charge on any atom is -0.464 e. The number of esters is 1. The Morgan fingerprint density at radius 3 is 2.68 bits per heavy atom. The Morgan fingerprint density at radius 2 is 2.00 bits per heavy atom. The summed E-state index contributed by atoms with van der Waals surface area (Å²) < 4.78 is 5.10. The number of hydrogen-bond acceptors (Lipinski definition) is 4. The second-order valence-electron chi connectivity index (χ2n) is 5.30. The molecule has 0 aromatic rings. The SMILES string of the molecule is CCOC(=O)C1CCCCN1C(=O)C1CCCCN1. The Balaban J connectivity index is 2.01. The van der Waals surface area contributed by atoms with Crippen LogP contribution in [-0.4, -0.2) is 48.6 Å². The first-order valence-electron chi connectivity index (χ1n) is 7.44. The lowest BCUT2D eigenvalue weighted by Gasteiger charge is -2.37. The summed E-state index contributed by atoms with van der Waals surface area (Å²) in [5.41, 5.74) is 0.